The molecule has 0 aliphatic carbocycles. The molecule has 1 fully saturated rings. The van der Waals surface area contributed by atoms with Crippen LogP contribution in [0.2, 0.25) is 10.0 Å². The first-order chi connectivity index (χ1) is 8.65. The van der Waals surface area contributed by atoms with Crippen molar-refractivity contribution >= 4 is 38.4 Å². The zero-order chi connectivity index (χ0) is 13.0. The molecule has 6 heteroatoms. The first kappa shape index (κ1) is 14.5. The van der Waals surface area contributed by atoms with Gasteiger partial charge in [0.1, 0.15) is 5.75 Å². The first-order valence-corrected chi connectivity index (χ1v) is 8.41. The van der Waals surface area contributed by atoms with Gasteiger partial charge in [0, 0.05) is 24.1 Å². The predicted octanol–water partition coefficient (Wildman–Crippen LogP) is 2.02. The van der Waals surface area contributed by atoms with E-state index in [2.05, 4.69) is 4.90 Å². The van der Waals surface area contributed by atoms with Crippen molar-refractivity contribution in [2.45, 2.75) is 12.5 Å². The minimum absolute atomic E-state index is 0.257. The van der Waals surface area contributed by atoms with E-state index in [1.165, 1.54) is 0 Å². The van der Waals surface area contributed by atoms with E-state index in [1.54, 1.807) is 12.1 Å². The summed E-state index contributed by atoms with van der Waals surface area (Å²) in [7, 11) is 0. The molecular formula is C12H16AlCl2N2O. The van der Waals surface area contributed by atoms with Gasteiger partial charge in [-0.2, -0.15) is 0 Å². The van der Waals surface area contributed by atoms with Crippen LogP contribution in [0.1, 0.15) is 6.42 Å². The van der Waals surface area contributed by atoms with Crippen molar-refractivity contribution in [3.63, 3.8) is 0 Å². The third-order valence-electron chi connectivity index (χ3n) is 2.96. The summed E-state index contributed by atoms with van der Waals surface area (Å²) in [5.74, 6) is 0.787. The van der Waals surface area contributed by atoms with Gasteiger partial charge < -0.3 is 15.4 Å². The largest absolute Gasteiger partial charge is 0.510 e. The Kier molecular flexibility index (Phi) is 5.62. The highest BCUT2D eigenvalue weighted by Gasteiger charge is 2.18. The summed E-state index contributed by atoms with van der Waals surface area (Å²) in [5.41, 5.74) is 6.63. The molecule has 2 rings (SSSR count). The van der Waals surface area contributed by atoms with Crippen molar-refractivity contribution in [2.75, 3.05) is 24.0 Å². The van der Waals surface area contributed by atoms with Crippen LogP contribution in [0.4, 0.5) is 0 Å². The van der Waals surface area contributed by atoms with E-state index in [4.69, 9.17) is 33.7 Å². The molecule has 1 aromatic carbocycles. The number of likely N-dealkylation sites (tertiary alicyclic amines) is 1. The first-order valence-electron chi connectivity index (χ1n) is 6.02. The summed E-state index contributed by atoms with van der Waals surface area (Å²) in [6, 6.07) is 5.73. The van der Waals surface area contributed by atoms with Crippen molar-refractivity contribution in [2.24, 2.45) is 5.73 Å². The van der Waals surface area contributed by atoms with Gasteiger partial charge in [0.25, 0.3) is 15.2 Å². The van der Waals surface area contributed by atoms with Crippen LogP contribution < -0.4 is 10.5 Å². The molecule has 1 heterocycles. The van der Waals surface area contributed by atoms with Crippen LogP contribution in [-0.2, 0) is 0 Å². The highest BCUT2D eigenvalue weighted by Crippen LogP contribution is 2.26. The van der Waals surface area contributed by atoms with Crippen molar-refractivity contribution in [1.29, 1.82) is 0 Å². The normalized spacial score (nSPS) is 20.1. The molecule has 0 bridgehead atoms. The fraction of sp³-hybridized carbons (Fsp3) is 0.500. The van der Waals surface area contributed by atoms with Crippen molar-refractivity contribution < 1.29 is 4.74 Å². The van der Waals surface area contributed by atoms with Crippen LogP contribution in [0.25, 0.3) is 0 Å². The second-order valence-corrected chi connectivity index (χ2v) is 6.57. The Hall–Kier alpha value is 0.0525. The van der Waals surface area contributed by atoms with Gasteiger partial charge in [-0.25, -0.2) is 0 Å². The number of halogens is 2. The standard InChI is InChI=1S/C7H5Cl2O.C5H11N2.Al/c1-10-5-2-3-6(8)7(9)4-5;1-7-3-2-5(6)4-7;/h2-4H,1H2;5H,1-4,6H2;. The Morgan fingerprint density at radius 2 is 2.22 bits per heavy atom. The fourth-order valence-electron chi connectivity index (χ4n) is 1.99. The number of hydrogen-bond donors (Lipinski definition) is 1. The zero-order valence-electron chi connectivity index (χ0n) is 10.1. The molecule has 0 amide bonds. The molecule has 18 heavy (non-hydrogen) atoms. The average molecular weight is 302 g/mol. The number of benzene rings is 1. The minimum atomic E-state index is 0.257. The van der Waals surface area contributed by atoms with Gasteiger partial charge in [-0.3, -0.25) is 0 Å². The topological polar surface area (TPSA) is 38.5 Å². The lowest BCUT2D eigenvalue weighted by atomic mass is 10.3. The molecule has 0 aromatic heterocycles. The highest BCUT2D eigenvalue weighted by atomic mass is 35.5. The van der Waals surface area contributed by atoms with Crippen molar-refractivity contribution in [1.82, 2.24) is 4.90 Å². The predicted molar refractivity (Wildman–Crippen MR) is 76.7 cm³/mol. The monoisotopic (exact) mass is 301 g/mol. The lowest BCUT2D eigenvalue weighted by Crippen LogP contribution is -2.31. The summed E-state index contributed by atoms with van der Waals surface area (Å²) in [6.07, 6.45) is 1.12. The number of ether oxygens (including phenoxy) is 1. The number of rotatable bonds is 5. The van der Waals surface area contributed by atoms with E-state index in [-0.39, 0.29) is 15.2 Å². The summed E-state index contributed by atoms with van der Waals surface area (Å²) >= 11 is 12.0. The van der Waals surface area contributed by atoms with Gasteiger partial charge in [-0.05, 0) is 25.1 Å². The molecule has 97 valence electrons. The summed E-state index contributed by atoms with van der Waals surface area (Å²) in [5, 5.41) is 2.21. The van der Waals surface area contributed by atoms with Crippen molar-refractivity contribution in [3.05, 3.63) is 28.2 Å². The van der Waals surface area contributed by atoms with Gasteiger partial charge in [0.2, 0.25) is 0 Å². The van der Waals surface area contributed by atoms with Gasteiger partial charge >= 0.3 is 0 Å². The Morgan fingerprint density at radius 1 is 1.39 bits per heavy atom. The SMILES string of the molecule is NC1CCN([CH2][Al][CH2]Oc2ccc(Cl)c(Cl)c2)C1. The third kappa shape index (κ3) is 4.31. The molecular weight excluding hydrogens is 286 g/mol. The molecule has 0 saturated carbocycles. The van der Waals surface area contributed by atoms with E-state index in [0.29, 0.717) is 16.1 Å². The minimum Gasteiger partial charge on any atom is -0.510 e. The maximum Gasteiger partial charge on any atom is 0.286 e. The van der Waals surface area contributed by atoms with E-state index in [1.807, 2.05) is 6.07 Å². The second-order valence-electron chi connectivity index (χ2n) is 4.48. The van der Waals surface area contributed by atoms with Crippen LogP contribution in [0, 0.1) is 0 Å². The maximum atomic E-state index is 5.92. The molecule has 3 nitrogen and oxygen atoms in total. The van der Waals surface area contributed by atoms with Crippen LogP contribution in [0.15, 0.2) is 18.2 Å². The van der Waals surface area contributed by atoms with Gasteiger partial charge in [0.05, 0.1) is 10.0 Å². The average Bonchev–Trinajstić information content (AvgIpc) is 2.75. The van der Waals surface area contributed by atoms with Crippen LogP contribution in [-0.4, -0.2) is 50.1 Å². The van der Waals surface area contributed by atoms with E-state index in [9.17, 15) is 0 Å². The molecule has 0 spiro atoms. The van der Waals surface area contributed by atoms with Crippen LogP contribution in [0.5, 0.6) is 5.75 Å². The Labute approximate surface area is 124 Å². The molecule has 1 aromatic rings. The number of hydrogen-bond acceptors (Lipinski definition) is 3. The molecule has 1 aliphatic rings. The zero-order valence-corrected chi connectivity index (χ0v) is 12.8. The van der Waals surface area contributed by atoms with Crippen molar-refractivity contribution in [3.8, 4) is 5.75 Å². The summed E-state index contributed by atoms with van der Waals surface area (Å²) < 4.78 is 5.66. The Bertz CT molecular complexity index is 406. The van der Waals surface area contributed by atoms with Crippen LogP contribution in [0.3, 0.4) is 0 Å². The van der Waals surface area contributed by atoms with Gasteiger partial charge in [-0.1, -0.05) is 28.6 Å². The summed E-state index contributed by atoms with van der Waals surface area (Å²) in [6.45, 7) is 2.15. The smallest absolute Gasteiger partial charge is 0.286 e. The van der Waals surface area contributed by atoms with E-state index < -0.39 is 0 Å². The van der Waals surface area contributed by atoms with Gasteiger partial charge in [0.15, 0.2) is 0 Å². The lowest BCUT2D eigenvalue weighted by Gasteiger charge is -2.14. The quantitative estimate of drug-likeness (QED) is 0.668. The number of nitrogens with two attached hydrogens (primary N) is 1. The number of nitrogens with zero attached hydrogens (tertiary/aromatic N) is 1. The fourth-order valence-corrected chi connectivity index (χ4v) is 3.39. The maximum absolute atomic E-state index is 5.92. The second kappa shape index (κ2) is 7.00. The van der Waals surface area contributed by atoms with E-state index in [0.717, 1.165) is 36.1 Å². The Morgan fingerprint density at radius 3 is 2.89 bits per heavy atom. The Balaban J connectivity index is 1.67. The molecule has 1 atom stereocenters. The molecule has 2 N–H and O–H groups in total. The molecule has 1 unspecified atom stereocenters. The van der Waals surface area contributed by atoms with Crippen LogP contribution >= 0.6 is 23.2 Å². The molecule has 1 radical (unpaired) electrons. The van der Waals surface area contributed by atoms with Gasteiger partial charge in [-0.15, -0.1) is 0 Å². The van der Waals surface area contributed by atoms with E-state index >= 15 is 0 Å². The summed E-state index contributed by atoms with van der Waals surface area (Å²) in [4.78, 5) is 2.41. The highest BCUT2D eigenvalue weighted by molar-refractivity contribution is 6.42. The molecule has 1 aliphatic heterocycles. The lowest BCUT2D eigenvalue weighted by molar-refractivity contribution is 0.362. The molecule has 1 saturated heterocycles. The third-order valence-corrected chi connectivity index (χ3v) is 4.87.